The van der Waals surface area contributed by atoms with Crippen molar-refractivity contribution < 1.29 is 19.1 Å². The fourth-order valence-corrected chi connectivity index (χ4v) is 6.50. The first kappa shape index (κ1) is 25.1. The second-order valence-corrected chi connectivity index (χ2v) is 10.9. The lowest BCUT2D eigenvalue weighted by Crippen LogP contribution is -2.49. The molecule has 3 atom stereocenters. The predicted octanol–water partition coefficient (Wildman–Crippen LogP) is 3.27. The van der Waals surface area contributed by atoms with Gasteiger partial charge in [-0.25, -0.2) is 0 Å². The van der Waals surface area contributed by atoms with Gasteiger partial charge in [-0.1, -0.05) is 25.3 Å². The lowest BCUT2D eigenvalue weighted by atomic mass is 9.72. The van der Waals surface area contributed by atoms with Gasteiger partial charge in [0.2, 0.25) is 11.8 Å². The van der Waals surface area contributed by atoms with Crippen LogP contribution in [0.25, 0.3) is 10.9 Å². The summed E-state index contributed by atoms with van der Waals surface area (Å²) in [5.74, 6) is -0.205. The lowest BCUT2D eigenvalue weighted by molar-refractivity contribution is -0.128. The highest BCUT2D eigenvalue weighted by Gasteiger charge is 2.49. The number of nitrogens with one attached hydrogen (secondary N) is 3. The van der Waals surface area contributed by atoms with Crippen molar-refractivity contribution in [3.8, 4) is 11.8 Å². The molecule has 196 valence electrons. The summed E-state index contributed by atoms with van der Waals surface area (Å²) in [6.07, 6.45) is 7.80. The third-order valence-electron chi connectivity index (χ3n) is 8.45. The van der Waals surface area contributed by atoms with Crippen LogP contribution in [0.2, 0.25) is 0 Å². The molecule has 1 saturated carbocycles. The highest BCUT2D eigenvalue weighted by molar-refractivity contribution is 6.02. The summed E-state index contributed by atoms with van der Waals surface area (Å²) < 4.78 is 5.45. The molecule has 3 aliphatic rings. The number of ether oxygens (including phenoxy) is 1. The van der Waals surface area contributed by atoms with Gasteiger partial charge in [-0.3, -0.25) is 14.4 Å². The summed E-state index contributed by atoms with van der Waals surface area (Å²) in [6, 6.07) is 8.13. The monoisotopic (exact) mass is 505 g/mol. The van der Waals surface area contributed by atoms with Crippen LogP contribution >= 0.6 is 0 Å². The summed E-state index contributed by atoms with van der Waals surface area (Å²) in [4.78, 5) is 44.5. The number of piperidine rings is 1. The van der Waals surface area contributed by atoms with Gasteiger partial charge in [0.1, 0.15) is 23.5 Å². The van der Waals surface area contributed by atoms with Crippen LogP contribution in [-0.2, 0) is 9.59 Å². The van der Waals surface area contributed by atoms with E-state index in [1.807, 2.05) is 18.2 Å². The molecule has 9 heteroatoms. The van der Waals surface area contributed by atoms with Crippen molar-refractivity contribution in [3.05, 3.63) is 30.0 Å². The Morgan fingerprint density at radius 3 is 2.81 bits per heavy atom. The molecule has 0 radical (unpaired) electrons. The van der Waals surface area contributed by atoms with Crippen molar-refractivity contribution in [1.29, 1.82) is 5.26 Å². The summed E-state index contributed by atoms with van der Waals surface area (Å²) in [5.41, 5.74) is 1.14. The number of fused-ring (bicyclic) bond motifs is 1. The van der Waals surface area contributed by atoms with E-state index < -0.39 is 12.1 Å². The number of hydrogen-bond acceptors (Lipinski definition) is 5. The maximum atomic E-state index is 13.8. The Bertz CT molecular complexity index is 1220. The number of carbonyl (C=O) groups is 3. The molecule has 1 aromatic carbocycles. The summed E-state index contributed by atoms with van der Waals surface area (Å²) in [5, 5.41) is 16.3. The number of likely N-dealkylation sites (tertiary alicyclic amines) is 1. The molecule has 1 aliphatic carbocycles. The number of H-pyrrole nitrogens is 1. The molecule has 37 heavy (non-hydrogen) atoms. The minimum Gasteiger partial charge on any atom is -0.496 e. The number of nitriles is 1. The molecule has 3 fully saturated rings. The molecule has 2 aromatic rings. The predicted molar refractivity (Wildman–Crippen MR) is 138 cm³/mol. The number of benzene rings is 1. The second-order valence-electron chi connectivity index (χ2n) is 10.9. The van der Waals surface area contributed by atoms with E-state index in [0.29, 0.717) is 37.4 Å². The topological polar surface area (TPSA) is 127 Å². The summed E-state index contributed by atoms with van der Waals surface area (Å²) >= 11 is 0. The zero-order chi connectivity index (χ0) is 26.0. The minimum absolute atomic E-state index is 0.0613. The van der Waals surface area contributed by atoms with Gasteiger partial charge < -0.3 is 25.3 Å². The number of nitrogens with zero attached hydrogens (tertiary/aromatic N) is 2. The van der Waals surface area contributed by atoms with Crippen LogP contribution in [0, 0.1) is 22.7 Å². The molecule has 9 nitrogen and oxygen atoms in total. The zero-order valence-electron chi connectivity index (χ0n) is 21.3. The smallest absolute Gasteiger partial charge is 0.271 e. The van der Waals surface area contributed by atoms with Crippen LogP contribution in [0.15, 0.2) is 24.3 Å². The first-order valence-corrected chi connectivity index (χ1v) is 13.4. The molecule has 0 unspecified atom stereocenters. The van der Waals surface area contributed by atoms with Gasteiger partial charge >= 0.3 is 0 Å². The average molecular weight is 506 g/mol. The number of methoxy groups -OCH3 is 1. The van der Waals surface area contributed by atoms with E-state index in [2.05, 4.69) is 21.7 Å². The van der Waals surface area contributed by atoms with Gasteiger partial charge in [-0.15, -0.1) is 0 Å². The first-order chi connectivity index (χ1) is 17.9. The molecule has 3 N–H and O–H groups in total. The van der Waals surface area contributed by atoms with Crippen molar-refractivity contribution in [2.75, 3.05) is 20.2 Å². The molecule has 0 bridgehead atoms. The van der Waals surface area contributed by atoms with E-state index in [-0.39, 0.29) is 35.5 Å². The fraction of sp³-hybridized carbons (Fsp3) is 0.571. The van der Waals surface area contributed by atoms with Crippen LogP contribution in [-0.4, -0.2) is 59.9 Å². The van der Waals surface area contributed by atoms with Crippen molar-refractivity contribution in [1.82, 2.24) is 20.5 Å². The Labute approximate surface area is 216 Å². The maximum absolute atomic E-state index is 13.8. The van der Waals surface area contributed by atoms with E-state index in [1.54, 1.807) is 18.1 Å². The lowest BCUT2D eigenvalue weighted by Gasteiger charge is -2.32. The van der Waals surface area contributed by atoms with E-state index in [9.17, 15) is 19.6 Å². The molecule has 3 heterocycles. The molecule has 2 aliphatic heterocycles. The maximum Gasteiger partial charge on any atom is 0.271 e. The van der Waals surface area contributed by atoms with Crippen LogP contribution in [0.4, 0.5) is 0 Å². The zero-order valence-corrected chi connectivity index (χ0v) is 21.3. The number of amides is 3. The first-order valence-electron chi connectivity index (χ1n) is 13.4. The van der Waals surface area contributed by atoms with E-state index >= 15 is 0 Å². The summed E-state index contributed by atoms with van der Waals surface area (Å²) in [6.45, 7) is 1.18. The Morgan fingerprint density at radius 1 is 1.27 bits per heavy atom. The quantitative estimate of drug-likeness (QED) is 0.555. The van der Waals surface area contributed by atoms with Gasteiger partial charge in [0.25, 0.3) is 5.91 Å². The van der Waals surface area contributed by atoms with Crippen LogP contribution in [0.1, 0.15) is 68.3 Å². The van der Waals surface area contributed by atoms with E-state index in [0.717, 1.165) is 43.0 Å². The summed E-state index contributed by atoms with van der Waals surface area (Å²) in [7, 11) is 1.60. The third kappa shape index (κ3) is 5.02. The van der Waals surface area contributed by atoms with Crippen LogP contribution < -0.4 is 15.4 Å². The number of hydrogen-bond donors (Lipinski definition) is 3. The minimum atomic E-state index is -0.779. The molecular formula is C28H35N5O4. The van der Waals surface area contributed by atoms with Crippen molar-refractivity contribution >= 4 is 28.6 Å². The van der Waals surface area contributed by atoms with Crippen molar-refractivity contribution in [2.24, 2.45) is 11.3 Å². The van der Waals surface area contributed by atoms with E-state index in [1.165, 1.54) is 6.42 Å². The van der Waals surface area contributed by atoms with Crippen LogP contribution in [0.5, 0.6) is 5.75 Å². The molecule has 1 aromatic heterocycles. The highest BCUT2D eigenvalue weighted by atomic mass is 16.5. The normalized spacial score (nSPS) is 23.9. The van der Waals surface area contributed by atoms with Crippen molar-refractivity contribution in [3.63, 3.8) is 0 Å². The molecule has 5 rings (SSSR count). The second kappa shape index (κ2) is 10.4. The van der Waals surface area contributed by atoms with Crippen LogP contribution in [0.3, 0.4) is 0 Å². The molecule has 3 amide bonds. The Kier molecular flexibility index (Phi) is 7.09. The molecule has 2 saturated heterocycles. The van der Waals surface area contributed by atoms with Gasteiger partial charge in [-0.05, 0) is 62.1 Å². The average Bonchev–Trinajstić information content (AvgIpc) is 3.51. The van der Waals surface area contributed by atoms with Gasteiger partial charge in [0.15, 0.2) is 0 Å². The number of aromatic amines is 1. The third-order valence-corrected chi connectivity index (χ3v) is 8.45. The molecule has 1 spiro atoms. The fourth-order valence-electron chi connectivity index (χ4n) is 6.50. The largest absolute Gasteiger partial charge is 0.496 e. The SMILES string of the molecule is COc1cccc2[nH]c(C(=O)N3CC4(CCCCC4)C[C@H]3C(=O)N[C@H](C#N)C[C@@H]3CCCNC3=O)cc12. The van der Waals surface area contributed by atoms with Gasteiger partial charge in [-0.2, -0.15) is 5.26 Å². The van der Waals surface area contributed by atoms with E-state index in [4.69, 9.17) is 4.74 Å². The number of rotatable bonds is 6. The van der Waals surface area contributed by atoms with Crippen molar-refractivity contribution in [2.45, 2.75) is 69.9 Å². The Morgan fingerprint density at radius 2 is 2.08 bits per heavy atom. The Hall–Kier alpha value is -3.54. The Balaban J connectivity index is 1.38. The molecular weight excluding hydrogens is 470 g/mol. The number of carbonyl (C=O) groups excluding carboxylic acids is 3. The number of aromatic nitrogens is 1. The highest BCUT2D eigenvalue weighted by Crippen LogP contribution is 2.47. The van der Waals surface area contributed by atoms with Gasteiger partial charge in [0, 0.05) is 29.9 Å². The van der Waals surface area contributed by atoms with Gasteiger partial charge in [0.05, 0.1) is 13.2 Å². The standard InChI is InChI=1S/C28H35N5O4/c1-37-24-9-5-8-21-20(24)14-22(32-21)27(36)33-17-28(10-3-2-4-11-28)15-23(33)26(35)31-19(16-29)13-18-7-6-12-30-25(18)34/h5,8-9,14,18-19,23,32H,2-4,6-7,10-13,15,17H2,1H3,(H,30,34)(H,31,35)/t18-,19-,23-/m0/s1.